The molecule has 0 aromatic carbocycles. The molecule has 0 saturated carbocycles. The molecule has 3 aromatic rings. The van der Waals surface area contributed by atoms with E-state index in [0.717, 1.165) is 49.2 Å². The molecular formula is C20H26N8O. The Bertz CT molecular complexity index is 1000. The number of rotatable bonds is 5. The van der Waals surface area contributed by atoms with Crippen LogP contribution in [0.3, 0.4) is 0 Å². The maximum absolute atomic E-state index is 5.28. The fraction of sp³-hybridized carbons (Fsp3) is 0.550. The maximum Gasteiger partial charge on any atom is 0.254 e. The van der Waals surface area contributed by atoms with Gasteiger partial charge in [-0.1, -0.05) is 13.8 Å². The molecule has 0 radical (unpaired) electrons. The number of hydrogen-bond acceptors (Lipinski definition) is 8. The van der Waals surface area contributed by atoms with Gasteiger partial charge in [0.1, 0.15) is 24.3 Å². The number of anilines is 2. The van der Waals surface area contributed by atoms with E-state index >= 15 is 0 Å². The average molecular weight is 394 g/mol. The second-order valence-electron chi connectivity index (χ2n) is 8.30. The van der Waals surface area contributed by atoms with Crippen molar-refractivity contribution in [3.8, 4) is 0 Å². The van der Waals surface area contributed by atoms with Gasteiger partial charge in [-0.05, 0) is 5.92 Å². The summed E-state index contributed by atoms with van der Waals surface area (Å²) in [4.78, 5) is 22.6. The highest BCUT2D eigenvalue weighted by Gasteiger charge is 2.41. The first-order chi connectivity index (χ1) is 14.1. The highest BCUT2D eigenvalue weighted by molar-refractivity contribution is 5.50. The topological polar surface area (TPSA) is 84.6 Å². The van der Waals surface area contributed by atoms with E-state index in [2.05, 4.69) is 60.8 Å². The third kappa shape index (κ3) is 3.29. The van der Waals surface area contributed by atoms with Crippen molar-refractivity contribution < 1.29 is 4.74 Å². The predicted molar refractivity (Wildman–Crippen MR) is 109 cm³/mol. The Morgan fingerprint density at radius 3 is 2.48 bits per heavy atom. The fourth-order valence-electron chi connectivity index (χ4n) is 4.51. The van der Waals surface area contributed by atoms with Crippen LogP contribution in [-0.2, 0) is 11.3 Å². The molecule has 0 bridgehead atoms. The van der Waals surface area contributed by atoms with Crippen molar-refractivity contribution in [1.82, 2.24) is 29.5 Å². The van der Waals surface area contributed by atoms with Crippen LogP contribution in [0.2, 0.25) is 0 Å². The van der Waals surface area contributed by atoms with Gasteiger partial charge in [-0.3, -0.25) is 0 Å². The minimum atomic E-state index is 0.410. The number of fused-ring (bicyclic) bond motifs is 2. The summed E-state index contributed by atoms with van der Waals surface area (Å²) in [7, 11) is 1.68. The van der Waals surface area contributed by atoms with E-state index in [1.165, 1.54) is 0 Å². The molecular weight excluding hydrogens is 368 g/mol. The molecule has 3 aromatic heterocycles. The summed E-state index contributed by atoms with van der Waals surface area (Å²) < 4.78 is 7.11. The van der Waals surface area contributed by atoms with Crippen LogP contribution in [0.1, 0.15) is 31.2 Å². The van der Waals surface area contributed by atoms with Crippen molar-refractivity contribution in [3.63, 3.8) is 0 Å². The molecule has 2 aliphatic rings. The Morgan fingerprint density at radius 1 is 1.00 bits per heavy atom. The van der Waals surface area contributed by atoms with Crippen molar-refractivity contribution in [2.24, 2.45) is 11.8 Å². The lowest BCUT2D eigenvalue weighted by molar-refractivity contribution is 0.181. The van der Waals surface area contributed by atoms with E-state index in [-0.39, 0.29) is 0 Å². The molecule has 0 spiro atoms. The number of methoxy groups -OCH3 is 1. The lowest BCUT2D eigenvalue weighted by Gasteiger charge is -2.24. The van der Waals surface area contributed by atoms with Crippen molar-refractivity contribution in [3.05, 3.63) is 36.2 Å². The van der Waals surface area contributed by atoms with Gasteiger partial charge in [-0.2, -0.15) is 14.6 Å². The largest absolute Gasteiger partial charge is 0.378 e. The Morgan fingerprint density at radius 2 is 1.76 bits per heavy atom. The lowest BCUT2D eigenvalue weighted by atomic mass is 10.0. The maximum atomic E-state index is 5.28. The third-order valence-corrected chi connectivity index (χ3v) is 5.98. The van der Waals surface area contributed by atoms with Crippen LogP contribution in [-0.4, -0.2) is 62.8 Å². The van der Waals surface area contributed by atoms with Gasteiger partial charge in [-0.15, -0.1) is 0 Å². The van der Waals surface area contributed by atoms with Crippen molar-refractivity contribution in [2.45, 2.75) is 26.4 Å². The molecule has 5 heterocycles. The van der Waals surface area contributed by atoms with Crippen LogP contribution >= 0.6 is 0 Å². The smallest absolute Gasteiger partial charge is 0.254 e. The van der Waals surface area contributed by atoms with Gasteiger partial charge in [0.15, 0.2) is 0 Å². The third-order valence-electron chi connectivity index (χ3n) is 5.98. The first kappa shape index (κ1) is 18.2. The van der Waals surface area contributed by atoms with Gasteiger partial charge < -0.3 is 14.5 Å². The van der Waals surface area contributed by atoms with Gasteiger partial charge >= 0.3 is 0 Å². The molecule has 0 aliphatic carbocycles. The molecule has 2 unspecified atom stereocenters. The van der Waals surface area contributed by atoms with Gasteiger partial charge in [0.05, 0.1) is 12.3 Å². The minimum Gasteiger partial charge on any atom is -0.378 e. The van der Waals surface area contributed by atoms with Crippen molar-refractivity contribution >= 4 is 17.4 Å². The summed E-state index contributed by atoms with van der Waals surface area (Å²) >= 11 is 0. The Kier molecular flexibility index (Phi) is 4.54. The molecule has 2 saturated heterocycles. The molecule has 2 aliphatic heterocycles. The fourth-order valence-corrected chi connectivity index (χ4v) is 4.51. The highest BCUT2D eigenvalue weighted by atomic mass is 16.5. The monoisotopic (exact) mass is 394 g/mol. The molecule has 0 N–H and O–H groups in total. The molecule has 9 nitrogen and oxygen atoms in total. The molecule has 5 rings (SSSR count). The zero-order valence-electron chi connectivity index (χ0n) is 17.1. The molecule has 0 amide bonds. The quantitative estimate of drug-likeness (QED) is 0.647. The van der Waals surface area contributed by atoms with E-state index in [9.17, 15) is 0 Å². The van der Waals surface area contributed by atoms with Crippen molar-refractivity contribution in [2.75, 3.05) is 43.1 Å². The summed E-state index contributed by atoms with van der Waals surface area (Å²) in [6, 6.07) is 4.21. The summed E-state index contributed by atoms with van der Waals surface area (Å²) in [6.07, 6.45) is 3.25. The zero-order valence-corrected chi connectivity index (χ0v) is 17.1. The summed E-state index contributed by atoms with van der Waals surface area (Å²) in [5, 5.41) is 4.38. The van der Waals surface area contributed by atoms with Crippen LogP contribution in [0.25, 0.3) is 5.78 Å². The van der Waals surface area contributed by atoms with Crippen LogP contribution in [0, 0.1) is 11.8 Å². The SMILES string of the molecule is COCc1cc(N2CC3CN(c4cc(C(C)C)ncn4)CC3C2)n2ncnc2n1. The Hall–Kier alpha value is -2.81. The van der Waals surface area contributed by atoms with Crippen LogP contribution in [0.5, 0.6) is 0 Å². The van der Waals surface area contributed by atoms with E-state index in [1.54, 1.807) is 19.8 Å². The lowest BCUT2D eigenvalue weighted by Crippen LogP contribution is -2.30. The van der Waals surface area contributed by atoms with Crippen LogP contribution in [0.4, 0.5) is 11.6 Å². The number of hydrogen-bond donors (Lipinski definition) is 0. The average Bonchev–Trinajstić information content (AvgIpc) is 3.42. The number of ether oxygens (including phenoxy) is 1. The van der Waals surface area contributed by atoms with Gasteiger partial charge in [0.25, 0.3) is 5.78 Å². The van der Waals surface area contributed by atoms with Gasteiger partial charge in [0, 0.05) is 63.0 Å². The Balaban J connectivity index is 1.35. The standard InChI is InChI=1S/C20H26N8O/c1-13(2)17-5-18(22-11-21-17)26-6-14-8-27(9-15(14)7-26)19-4-16(10-29-3)25-20-23-12-24-28(19)20/h4-5,11-15H,6-10H2,1-3H3. The Labute approximate surface area is 169 Å². The summed E-state index contributed by atoms with van der Waals surface area (Å²) in [5.74, 6) is 4.33. The van der Waals surface area contributed by atoms with E-state index in [4.69, 9.17) is 4.74 Å². The number of aromatic nitrogens is 6. The molecule has 2 atom stereocenters. The normalized spacial score (nSPS) is 21.5. The minimum absolute atomic E-state index is 0.410. The van der Waals surface area contributed by atoms with E-state index in [0.29, 0.717) is 30.1 Å². The van der Waals surface area contributed by atoms with E-state index < -0.39 is 0 Å². The molecule has 29 heavy (non-hydrogen) atoms. The van der Waals surface area contributed by atoms with Gasteiger partial charge in [-0.25, -0.2) is 15.0 Å². The molecule has 2 fully saturated rings. The second-order valence-corrected chi connectivity index (χ2v) is 8.30. The predicted octanol–water partition coefficient (Wildman–Crippen LogP) is 1.76. The van der Waals surface area contributed by atoms with E-state index in [1.807, 2.05) is 4.52 Å². The number of nitrogens with zero attached hydrogens (tertiary/aromatic N) is 8. The van der Waals surface area contributed by atoms with Gasteiger partial charge in [0.2, 0.25) is 0 Å². The highest BCUT2D eigenvalue weighted by Crippen LogP contribution is 2.36. The second kappa shape index (κ2) is 7.22. The molecule has 9 heteroatoms. The van der Waals surface area contributed by atoms with Crippen molar-refractivity contribution in [1.29, 1.82) is 0 Å². The van der Waals surface area contributed by atoms with Crippen LogP contribution < -0.4 is 9.80 Å². The zero-order chi connectivity index (χ0) is 20.0. The first-order valence-electron chi connectivity index (χ1n) is 10.1. The summed E-state index contributed by atoms with van der Waals surface area (Å²) in [6.45, 7) is 8.83. The first-order valence-corrected chi connectivity index (χ1v) is 10.1. The van der Waals surface area contributed by atoms with Crippen LogP contribution in [0.15, 0.2) is 24.8 Å². The summed E-state index contributed by atoms with van der Waals surface area (Å²) in [5.41, 5.74) is 1.98. The molecule has 152 valence electrons.